The van der Waals surface area contributed by atoms with Crippen molar-refractivity contribution in [3.63, 3.8) is 0 Å². The van der Waals surface area contributed by atoms with Crippen molar-refractivity contribution in [1.29, 1.82) is 0 Å². The van der Waals surface area contributed by atoms with Gasteiger partial charge in [-0.15, -0.1) is 0 Å². The molecule has 82 heavy (non-hydrogen) atoms. The summed E-state index contributed by atoms with van der Waals surface area (Å²) >= 11 is 0. The van der Waals surface area contributed by atoms with Gasteiger partial charge in [-0.1, -0.05) is 104 Å². The van der Waals surface area contributed by atoms with Gasteiger partial charge < -0.3 is 50.0 Å². The standard InChI is InChI=1S/C36H50N2O4.C28H44N2O2.C2H4O2.CH5NO.Na/c1-22-16-32-33(38(20-22)34(39)41-21-25-8-6-5-7-9-25)24(3)36(42-32)15-13-28-29-11-10-26-17-27(37-40)12-14-35(26,4)31(29)18-30(28)23(2)19-36;1-16-11-25-26(29-15-16)18(3)28(32-25)10-8-21-22-6-5-19-12-20(30-31)7-9-27(19,4)24(22)13-23(21)17(2)14-28;1-2(3)4;1-2-3;/h5-9,22,24,26,28-29,31-33,40H,10-21H2,1-4H3;16,18-19,21-22,24-26,29,31H,5-15H2,1-4H3;1H3,(H,3,4);2-3H,1H3;/q;;;;+1/p-1/t22-,24+,26+,28-,29-,31-,32+,33-,35-,36-;16-,18+,19+,21-,22-,24-,25+,26-,27-,28-;;;/m00.../s1. The fraction of sp³-hybridized carbons (Fsp3) is 0.791. The number of carbonyl (C=O) groups is 2. The van der Waals surface area contributed by atoms with Gasteiger partial charge in [0.15, 0.2) is 0 Å². The Labute approximate surface area is 513 Å². The molecule has 12 aliphatic rings. The zero-order valence-electron chi connectivity index (χ0n) is 52.0. The van der Waals surface area contributed by atoms with Crippen molar-refractivity contribution in [3.8, 4) is 0 Å². The van der Waals surface area contributed by atoms with Gasteiger partial charge in [-0.05, 0) is 231 Å². The largest absolute Gasteiger partial charge is 1.00 e. The number of rotatable bonds is 2. The van der Waals surface area contributed by atoms with Crippen molar-refractivity contribution in [2.24, 2.45) is 92.2 Å². The second kappa shape index (κ2) is 25.9. The minimum Gasteiger partial charge on any atom is -0.550 e. The molecule has 6 saturated carbocycles. The zero-order valence-corrected chi connectivity index (χ0v) is 54.0. The molecular formula is C67H102N5NaO9. The molecule has 14 nitrogen and oxygen atoms in total. The van der Waals surface area contributed by atoms with E-state index in [0.717, 1.165) is 124 Å². The number of hydrogen-bond acceptors (Lipinski definition) is 13. The Morgan fingerprint density at radius 1 is 0.744 bits per heavy atom. The number of benzene rings is 1. The Bertz CT molecular complexity index is 2560. The van der Waals surface area contributed by atoms with Crippen LogP contribution in [0.5, 0.6) is 0 Å². The number of hydroxylamine groups is 1. The predicted molar refractivity (Wildman–Crippen MR) is 313 cm³/mol. The molecule has 4 aliphatic heterocycles. The molecule has 4 saturated heterocycles. The van der Waals surface area contributed by atoms with Crippen molar-refractivity contribution < 1.29 is 74.1 Å². The topological polar surface area (TPSA) is 198 Å². The van der Waals surface area contributed by atoms with Crippen molar-refractivity contribution in [2.45, 2.75) is 233 Å². The number of allylic oxidation sites excluding steroid dienone is 2. The smallest absolute Gasteiger partial charge is 0.550 e. The number of piperidine rings is 2. The summed E-state index contributed by atoms with van der Waals surface area (Å²) in [5.41, 5.74) is 12.3. The third-order valence-corrected chi connectivity index (χ3v) is 24.8. The molecule has 1 aromatic rings. The first-order chi connectivity index (χ1) is 38.7. The van der Waals surface area contributed by atoms with E-state index >= 15 is 0 Å². The number of oxime groups is 2. The van der Waals surface area contributed by atoms with E-state index < -0.39 is 5.97 Å². The first kappa shape index (κ1) is 63.7. The van der Waals surface area contributed by atoms with E-state index in [-0.39, 0.29) is 64.9 Å². The minimum atomic E-state index is -1.08. The maximum Gasteiger partial charge on any atom is 1.00 e. The SMILES string of the molecule is CC(=O)[O-].CC1=C2C[C@H]3[C@@H](CC[C@@H]4CC(=NO)CC[C@@]43C)[C@@H]2CC[C@@]2(C1)O[C@@H]1C[C@H](C)CN(C(=O)OCc3ccccc3)[C@H]1[C@H]2C.CC1=C2C[C@H]3[C@@H](CC[C@@H]4CC(=NO)CC[C@@]43C)[C@@H]2CC[C@@]2(C1)O[C@@H]1C[C@H](C)CN[C@H]1[C@H]2C.CNO.[Na+]. The molecule has 20 atom stereocenters. The van der Waals surface area contributed by atoms with E-state index in [0.29, 0.717) is 59.2 Å². The Hall–Kier alpha value is -2.82. The van der Waals surface area contributed by atoms with Gasteiger partial charge in [0, 0.05) is 37.4 Å². The van der Waals surface area contributed by atoms with Crippen LogP contribution in [0.25, 0.3) is 0 Å². The maximum absolute atomic E-state index is 13.5. The summed E-state index contributed by atoms with van der Waals surface area (Å²) in [5.74, 6) is 6.95. The second-order valence-electron chi connectivity index (χ2n) is 29.0. The first-order valence-corrected chi connectivity index (χ1v) is 32.0. The molecule has 1 amide bonds. The minimum absolute atomic E-state index is 0. The summed E-state index contributed by atoms with van der Waals surface area (Å²) in [6, 6.07) is 10.6. The van der Waals surface area contributed by atoms with E-state index in [4.69, 9.17) is 29.3 Å². The molecule has 10 fully saturated rings. The van der Waals surface area contributed by atoms with Crippen LogP contribution in [0.1, 0.15) is 196 Å². The van der Waals surface area contributed by atoms with Crippen LogP contribution in [0.4, 0.5) is 4.79 Å². The van der Waals surface area contributed by atoms with Gasteiger partial charge in [0.1, 0.15) is 6.61 Å². The van der Waals surface area contributed by atoms with E-state index in [1.54, 1.807) is 22.2 Å². The van der Waals surface area contributed by atoms with Crippen LogP contribution in [-0.4, -0.2) is 99.6 Å². The molecule has 450 valence electrons. The Morgan fingerprint density at radius 2 is 1.23 bits per heavy atom. The molecule has 2 spiro atoms. The number of carboxylic acids is 1. The number of aliphatic carboxylic acids is 1. The summed E-state index contributed by atoms with van der Waals surface area (Å²) < 4.78 is 20.1. The van der Waals surface area contributed by atoms with Crippen LogP contribution in [0.2, 0.25) is 0 Å². The van der Waals surface area contributed by atoms with Gasteiger partial charge in [-0.2, -0.15) is 0 Å². The van der Waals surface area contributed by atoms with E-state index in [2.05, 4.69) is 71.0 Å². The van der Waals surface area contributed by atoms with Crippen LogP contribution >= 0.6 is 0 Å². The molecule has 0 unspecified atom stereocenters. The number of carbonyl (C=O) groups excluding carboxylic acids is 2. The quantitative estimate of drug-likeness (QED) is 0.0819. The number of fused-ring (bicyclic) bond motifs is 12. The van der Waals surface area contributed by atoms with Crippen LogP contribution in [0.15, 0.2) is 62.9 Å². The monoisotopic (exact) mass is 1140 g/mol. The van der Waals surface area contributed by atoms with E-state index in [1.807, 2.05) is 40.8 Å². The molecular weight excluding hydrogens is 1040 g/mol. The van der Waals surface area contributed by atoms with Crippen LogP contribution in [0, 0.1) is 81.8 Å². The molecule has 5 N–H and O–H groups in total. The maximum atomic E-state index is 13.5. The Kier molecular flexibility index (Phi) is 20.1. The number of nitrogens with zero attached hydrogens (tertiary/aromatic N) is 3. The van der Waals surface area contributed by atoms with Crippen molar-refractivity contribution in [3.05, 3.63) is 58.2 Å². The van der Waals surface area contributed by atoms with Gasteiger partial charge in [0.25, 0.3) is 0 Å². The average molecular weight is 1140 g/mol. The summed E-state index contributed by atoms with van der Waals surface area (Å²) in [6.07, 6.45) is 23.7. The predicted octanol–water partition coefficient (Wildman–Crippen LogP) is 9.29. The summed E-state index contributed by atoms with van der Waals surface area (Å²) in [5, 5.41) is 46.2. The van der Waals surface area contributed by atoms with Crippen LogP contribution < -0.4 is 45.5 Å². The summed E-state index contributed by atoms with van der Waals surface area (Å²) in [6.45, 7) is 22.6. The molecule has 0 radical (unpaired) electrons. The molecule has 8 aliphatic carbocycles. The van der Waals surface area contributed by atoms with Gasteiger partial charge in [-0.25, -0.2) is 10.3 Å². The third-order valence-electron chi connectivity index (χ3n) is 24.8. The number of carboxylic acid groups (broad SMARTS) is 1. The molecule has 15 heteroatoms. The fourth-order valence-corrected chi connectivity index (χ4v) is 20.7. The second-order valence-corrected chi connectivity index (χ2v) is 29.0. The molecule has 0 aromatic heterocycles. The molecule has 0 bridgehead atoms. The number of nitrogens with one attached hydrogen (secondary N) is 2. The van der Waals surface area contributed by atoms with Gasteiger partial charge in [0.05, 0.1) is 40.9 Å². The number of hydrogen-bond donors (Lipinski definition) is 5. The Balaban J connectivity index is 0.000000180. The summed E-state index contributed by atoms with van der Waals surface area (Å²) in [7, 11) is 1.43. The van der Waals surface area contributed by atoms with Gasteiger partial charge >= 0.3 is 35.7 Å². The molecule has 4 heterocycles. The van der Waals surface area contributed by atoms with Crippen LogP contribution in [-0.2, 0) is 25.6 Å². The van der Waals surface area contributed by atoms with Crippen LogP contribution in [0.3, 0.4) is 0 Å². The number of amides is 1. The Morgan fingerprint density at radius 3 is 1.74 bits per heavy atom. The van der Waals surface area contributed by atoms with Crippen molar-refractivity contribution in [1.82, 2.24) is 15.7 Å². The number of ether oxygens (including phenoxy) is 3. The van der Waals surface area contributed by atoms with Crippen molar-refractivity contribution >= 4 is 23.5 Å². The summed E-state index contributed by atoms with van der Waals surface area (Å²) in [4.78, 5) is 24.4. The van der Waals surface area contributed by atoms with Gasteiger partial charge in [0.2, 0.25) is 0 Å². The molecule has 1 aromatic carbocycles. The molecule has 13 rings (SSSR count). The normalized spacial score (nSPS) is 44.2. The first-order valence-electron chi connectivity index (χ1n) is 32.0. The average Bonchev–Trinajstić information content (AvgIpc) is 4.19. The third kappa shape index (κ3) is 12.0. The fourth-order valence-electron chi connectivity index (χ4n) is 20.7. The zero-order chi connectivity index (χ0) is 57.8. The van der Waals surface area contributed by atoms with Crippen molar-refractivity contribution in [2.75, 3.05) is 20.1 Å². The van der Waals surface area contributed by atoms with Gasteiger partial charge in [-0.3, -0.25) is 0 Å². The number of likely N-dealkylation sites (tertiary alicyclic amines) is 1. The van der Waals surface area contributed by atoms with E-state index in [9.17, 15) is 15.2 Å². The van der Waals surface area contributed by atoms with E-state index in [1.165, 1.54) is 84.1 Å².